The van der Waals surface area contributed by atoms with E-state index in [1.807, 2.05) is 0 Å². The number of alkyl halides is 2. The summed E-state index contributed by atoms with van der Waals surface area (Å²) in [6.07, 6.45) is 0.693. The molecular weight excluding hydrogens is 515 g/mol. The third kappa shape index (κ3) is 3.99. The molecule has 1 N–H and O–H groups in total. The summed E-state index contributed by atoms with van der Waals surface area (Å²) in [5, 5.41) is 2.52. The molecule has 5 rings (SSSR count). The molecule has 2 aliphatic carbocycles. The molecule has 2 aromatic rings. The fourth-order valence-electron chi connectivity index (χ4n) is 5.49. The number of anilines is 2. The highest BCUT2D eigenvalue weighted by atomic mass is 35.5. The second kappa shape index (κ2) is 9.12. The van der Waals surface area contributed by atoms with Crippen LogP contribution >= 0.6 is 34.8 Å². The predicted molar refractivity (Wildman–Crippen MR) is 132 cm³/mol. The Balaban J connectivity index is 1.22. The van der Waals surface area contributed by atoms with Crippen molar-refractivity contribution in [1.82, 2.24) is 0 Å². The lowest BCUT2D eigenvalue weighted by Gasteiger charge is -2.28. The van der Waals surface area contributed by atoms with Crippen LogP contribution in [0.2, 0.25) is 5.02 Å². The van der Waals surface area contributed by atoms with Gasteiger partial charge in [0.05, 0.1) is 33.8 Å². The van der Waals surface area contributed by atoms with Gasteiger partial charge in [-0.05, 0) is 67.1 Å². The van der Waals surface area contributed by atoms with Crippen LogP contribution in [0.3, 0.4) is 0 Å². The number of carbonyl (C=O) groups excluding carboxylic acids is 4. The number of nitrogens with zero attached hydrogens (tertiary/aromatic N) is 1. The van der Waals surface area contributed by atoms with Gasteiger partial charge in [-0.1, -0.05) is 17.7 Å². The predicted octanol–water partition coefficient (Wildman–Crippen LogP) is 4.41. The van der Waals surface area contributed by atoms with E-state index in [0.29, 0.717) is 28.4 Å². The van der Waals surface area contributed by atoms with Crippen LogP contribution in [0.25, 0.3) is 0 Å². The van der Waals surface area contributed by atoms with Crippen molar-refractivity contribution >= 4 is 69.9 Å². The Morgan fingerprint density at radius 2 is 1.60 bits per heavy atom. The van der Waals surface area contributed by atoms with Crippen LogP contribution in [0.1, 0.15) is 22.3 Å². The van der Waals surface area contributed by atoms with E-state index in [-0.39, 0.29) is 40.0 Å². The van der Waals surface area contributed by atoms with Crippen molar-refractivity contribution < 1.29 is 23.9 Å². The summed E-state index contributed by atoms with van der Waals surface area (Å²) in [6, 6.07) is 11.0. The van der Waals surface area contributed by atoms with E-state index in [0.717, 1.165) is 0 Å². The van der Waals surface area contributed by atoms with E-state index < -0.39 is 30.3 Å². The summed E-state index contributed by atoms with van der Waals surface area (Å²) in [5.41, 5.74) is 1.79. The number of hydrogen-bond donors (Lipinski definition) is 1. The maximum absolute atomic E-state index is 13.1. The largest absolute Gasteiger partial charge is 0.452 e. The van der Waals surface area contributed by atoms with Gasteiger partial charge in [0.15, 0.2) is 6.61 Å². The Morgan fingerprint density at radius 1 is 1.00 bits per heavy atom. The minimum atomic E-state index is -0.710. The van der Waals surface area contributed by atoms with Gasteiger partial charge in [-0.15, -0.1) is 23.2 Å². The standard InChI is InChI=1S/C25H21Cl3N2O5/c1-11-16(26)3-2-4-17(11)29-18(31)10-35-25(34)12-5-7-13(8-6-12)30-23(32)19-14-9-15(20(19)24(30)33)22(28)21(14)27/h2-8,14-15,19-22H,9-10H2,1H3,(H,29,31)/t14-,15-,19-,20-,21+,22+/m1/s1. The zero-order valence-electron chi connectivity index (χ0n) is 18.5. The fraction of sp³-hybridized carbons (Fsp3) is 0.360. The molecule has 3 amide bonds. The molecule has 2 bridgehead atoms. The van der Waals surface area contributed by atoms with Crippen LogP contribution in [0.15, 0.2) is 42.5 Å². The van der Waals surface area contributed by atoms with Crippen molar-refractivity contribution in [2.45, 2.75) is 24.1 Å². The van der Waals surface area contributed by atoms with Gasteiger partial charge in [0, 0.05) is 10.7 Å². The number of imide groups is 1. The molecule has 1 aliphatic heterocycles. The van der Waals surface area contributed by atoms with Crippen molar-refractivity contribution in [2.24, 2.45) is 23.7 Å². The molecule has 0 spiro atoms. The molecule has 3 fully saturated rings. The Labute approximate surface area is 216 Å². The Morgan fingerprint density at radius 3 is 2.20 bits per heavy atom. The number of halogens is 3. The van der Waals surface area contributed by atoms with Gasteiger partial charge in [-0.3, -0.25) is 19.3 Å². The van der Waals surface area contributed by atoms with Crippen molar-refractivity contribution in [3.63, 3.8) is 0 Å². The van der Waals surface area contributed by atoms with Crippen molar-refractivity contribution in [1.29, 1.82) is 0 Å². The van der Waals surface area contributed by atoms with Gasteiger partial charge in [0.1, 0.15) is 0 Å². The number of carbonyl (C=O) groups is 4. The van der Waals surface area contributed by atoms with Gasteiger partial charge in [-0.2, -0.15) is 0 Å². The minimum Gasteiger partial charge on any atom is -0.452 e. The van der Waals surface area contributed by atoms with Gasteiger partial charge in [0.2, 0.25) is 11.8 Å². The maximum Gasteiger partial charge on any atom is 0.338 e. The van der Waals surface area contributed by atoms with Crippen LogP contribution in [-0.2, 0) is 19.1 Å². The molecule has 10 heteroatoms. The Hall–Kier alpha value is -2.61. The number of rotatable bonds is 5. The summed E-state index contributed by atoms with van der Waals surface area (Å²) in [4.78, 5) is 51.9. The molecule has 35 heavy (non-hydrogen) atoms. The first-order valence-electron chi connectivity index (χ1n) is 11.2. The van der Waals surface area contributed by atoms with E-state index in [1.54, 1.807) is 25.1 Å². The highest BCUT2D eigenvalue weighted by Crippen LogP contribution is 2.59. The molecule has 1 saturated heterocycles. The number of fused-ring (bicyclic) bond motifs is 5. The topological polar surface area (TPSA) is 92.8 Å². The van der Waals surface area contributed by atoms with Crippen molar-refractivity contribution in [2.75, 3.05) is 16.8 Å². The molecule has 3 aliphatic rings. The quantitative estimate of drug-likeness (QED) is 0.348. The molecule has 2 aromatic carbocycles. The lowest BCUT2D eigenvalue weighted by atomic mass is 9.80. The average molecular weight is 536 g/mol. The fourth-order valence-corrected chi connectivity index (χ4v) is 6.56. The van der Waals surface area contributed by atoms with E-state index in [1.165, 1.54) is 29.2 Å². The summed E-state index contributed by atoms with van der Waals surface area (Å²) >= 11 is 18.8. The summed E-state index contributed by atoms with van der Waals surface area (Å²) in [5.74, 6) is -2.87. The zero-order valence-corrected chi connectivity index (χ0v) is 20.8. The highest BCUT2D eigenvalue weighted by Gasteiger charge is 2.66. The van der Waals surface area contributed by atoms with E-state index in [4.69, 9.17) is 39.5 Å². The first-order valence-corrected chi connectivity index (χ1v) is 12.4. The lowest BCUT2D eigenvalue weighted by Crippen LogP contribution is -2.37. The van der Waals surface area contributed by atoms with Gasteiger partial charge in [-0.25, -0.2) is 4.79 Å². The van der Waals surface area contributed by atoms with Crippen molar-refractivity contribution in [3.8, 4) is 0 Å². The molecule has 0 aromatic heterocycles. The SMILES string of the molecule is Cc1c(Cl)cccc1NC(=O)COC(=O)c1ccc(N2C(=O)[C@@H]3[C@H]4C[C@@H]([C@H](Cl)[C@H]4Cl)[C@H]3C2=O)cc1. The van der Waals surface area contributed by atoms with Crippen LogP contribution in [0, 0.1) is 30.6 Å². The number of amides is 3. The van der Waals surface area contributed by atoms with E-state index >= 15 is 0 Å². The normalized spacial score (nSPS) is 28.9. The zero-order chi connectivity index (χ0) is 25.0. The van der Waals surface area contributed by atoms with Crippen LogP contribution in [-0.4, -0.2) is 41.1 Å². The lowest BCUT2D eigenvalue weighted by molar-refractivity contribution is -0.123. The summed E-state index contributed by atoms with van der Waals surface area (Å²) in [6.45, 7) is 1.28. The highest BCUT2D eigenvalue weighted by molar-refractivity contribution is 6.32. The number of hydrogen-bond acceptors (Lipinski definition) is 5. The average Bonchev–Trinajstić information content (AvgIpc) is 3.45. The minimum absolute atomic E-state index is 0.105. The molecule has 182 valence electrons. The first kappa shape index (κ1) is 24.1. The number of benzene rings is 2. The number of ether oxygens (including phenoxy) is 1. The van der Waals surface area contributed by atoms with Crippen LogP contribution < -0.4 is 10.2 Å². The third-order valence-corrected chi connectivity index (χ3v) is 8.95. The Bertz CT molecular complexity index is 1200. The molecule has 7 nitrogen and oxygen atoms in total. The van der Waals surface area contributed by atoms with Crippen molar-refractivity contribution in [3.05, 3.63) is 58.6 Å². The van der Waals surface area contributed by atoms with Crippen LogP contribution in [0.4, 0.5) is 11.4 Å². The third-order valence-electron chi connectivity index (χ3n) is 7.22. The first-order chi connectivity index (χ1) is 16.7. The second-order valence-electron chi connectivity index (χ2n) is 9.10. The van der Waals surface area contributed by atoms with Crippen LogP contribution in [0.5, 0.6) is 0 Å². The maximum atomic E-state index is 13.1. The second-order valence-corrected chi connectivity index (χ2v) is 10.5. The number of nitrogens with one attached hydrogen (secondary N) is 1. The number of esters is 1. The molecule has 0 radical (unpaired) electrons. The van der Waals surface area contributed by atoms with Gasteiger partial charge < -0.3 is 10.1 Å². The van der Waals surface area contributed by atoms with Gasteiger partial charge >= 0.3 is 5.97 Å². The van der Waals surface area contributed by atoms with Gasteiger partial charge in [0.25, 0.3) is 5.91 Å². The Kier molecular flexibility index (Phi) is 6.28. The summed E-state index contributed by atoms with van der Waals surface area (Å²) in [7, 11) is 0. The summed E-state index contributed by atoms with van der Waals surface area (Å²) < 4.78 is 5.10. The van der Waals surface area contributed by atoms with E-state index in [9.17, 15) is 19.2 Å². The molecule has 2 saturated carbocycles. The molecular formula is C25H21Cl3N2O5. The smallest absolute Gasteiger partial charge is 0.338 e. The molecule has 6 atom stereocenters. The molecule has 0 unspecified atom stereocenters. The van der Waals surface area contributed by atoms with E-state index in [2.05, 4.69) is 5.32 Å². The monoisotopic (exact) mass is 534 g/mol. The molecule has 1 heterocycles.